The second kappa shape index (κ2) is 6.86. The summed E-state index contributed by atoms with van der Waals surface area (Å²) < 4.78 is 7.49. The van der Waals surface area contributed by atoms with E-state index < -0.39 is 0 Å². The Bertz CT molecular complexity index is 693. The lowest BCUT2D eigenvalue weighted by Gasteiger charge is -2.19. The predicted molar refractivity (Wildman–Crippen MR) is 88.3 cm³/mol. The van der Waals surface area contributed by atoms with E-state index in [-0.39, 0.29) is 5.91 Å². The monoisotopic (exact) mass is 313 g/mol. The van der Waals surface area contributed by atoms with Crippen molar-refractivity contribution in [3.8, 4) is 5.75 Å². The van der Waals surface area contributed by atoms with E-state index in [0.717, 1.165) is 42.9 Å². The fraction of sp³-hybridized carbons (Fsp3) is 0.444. The highest BCUT2D eigenvalue weighted by Gasteiger charge is 2.14. The van der Waals surface area contributed by atoms with Gasteiger partial charge in [-0.15, -0.1) is 0 Å². The van der Waals surface area contributed by atoms with Gasteiger partial charge in [-0.3, -0.25) is 9.48 Å². The average Bonchev–Trinajstić information content (AvgIpc) is 3.02. The number of hydrogen-bond donors (Lipinski definition) is 0. The third-order valence-electron chi connectivity index (χ3n) is 4.18. The van der Waals surface area contributed by atoms with Gasteiger partial charge in [0.25, 0.3) is 0 Å². The Morgan fingerprint density at radius 3 is 3.04 bits per heavy atom. The number of benzene rings is 1. The molecule has 0 saturated heterocycles. The molecule has 5 heteroatoms. The highest BCUT2D eigenvalue weighted by Crippen LogP contribution is 2.25. The highest BCUT2D eigenvalue weighted by atomic mass is 16.5. The van der Waals surface area contributed by atoms with Crippen LogP contribution in [0.2, 0.25) is 0 Å². The summed E-state index contributed by atoms with van der Waals surface area (Å²) in [4.78, 5) is 14.2. The van der Waals surface area contributed by atoms with Gasteiger partial charge in [0, 0.05) is 31.9 Å². The van der Waals surface area contributed by atoms with Crippen LogP contribution in [0, 0.1) is 0 Å². The zero-order valence-electron chi connectivity index (χ0n) is 13.8. The normalized spacial score (nSPS) is 13.3. The molecule has 5 nitrogen and oxygen atoms in total. The molecule has 0 bridgehead atoms. The molecule has 0 spiro atoms. The smallest absolute Gasteiger partial charge is 0.227 e. The molecule has 0 atom stereocenters. The lowest BCUT2D eigenvalue weighted by molar-refractivity contribution is -0.129. The van der Waals surface area contributed by atoms with Crippen LogP contribution in [0.5, 0.6) is 5.75 Å². The molecular weight excluding hydrogens is 290 g/mol. The summed E-state index contributed by atoms with van der Waals surface area (Å²) in [6, 6.07) is 6.09. The number of rotatable bonds is 5. The first-order valence-electron chi connectivity index (χ1n) is 8.15. The number of aryl methyl sites for hydroxylation is 2. The van der Waals surface area contributed by atoms with Gasteiger partial charge < -0.3 is 9.64 Å². The number of ether oxygens (including phenoxy) is 1. The van der Waals surface area contributed by atoms with Crippen molar-refractivity contribution >= 4 is 5.91 Å². The number of carbonyl (C=O) groups excluding carboxylic acids is 1. The summed E-state index contributed by atoms with van der Waals surface area (Å²) in [5.41, 5.74) is 3.32. The van der Waals surface area contributed by atoms with Crippen LogP contribution in [0.4, 0.5) is 0 Å². The summed E-state index contributed by atoms with van der Waals surface area (Å²) in [7, 11) is 1.84. The van der Waals surface area contributed by atoms with E-state index in [1.165, 1.54) is 5.56 Å². The fourth-order valence-electron chi connectivity index (χ4n) is 2.86. The Balaban J connectivity index is 1.61. The summed E-state index contributed by atoms with van der Waals surface area (Å²) in [6.07, 6.45) is 6.31. The maximum atomic E-state index is 12.4. The Kier molecular flexibility index (Phi) is 4.65. The lowest BCUT2D eigenvalue weighted by atomic mass is 10.0. The highest BCUT2D eigenvalue weighted by molar-refractivity contribution is 5.78. The summed E-state index contributed by atoms with van der Waals surface area (Å²) in [6.45, 7) is 4.27. The molecule has 23 heavy (non-hydrogen) atoms. The predicted octanol–water partition coefficient (Wildman–Crippen LogP) is 2.43. The van der Waals surface area contributed by atoms with Gasteiger partial charge in [0.2, 0.25) is 5.91 Å². The van der Waals surface area contributed by atoms with Crippen molar-refractivity contribution in [1.82, 2.24) is 14.7 Å². The second-order valence-corrected chi connectivity index (χ2v) is 6.02. The molecule has 1 aliphatic rings. The number of likely N-dealkylation sites (N-methyl/N-ethyl adjacent to an activating group) is 1. The van der Waals surface area contributed by atoms with E-state index in [1.54, 1.807) is 4.90 Å². The number of hydrogen-bond acceptors (Lipinski definition) is 3. The minimum Gasteiger partial charge on any atom is -0.493 e. The van der Waals surface area contributed by atoms with Crippen molar-refractivity contribution < 1.29 is 9.53 Å². The lowest BCUT2D eigenvalue weighted by Crippen LogP contribution is -2.27. The van der Waals surface area contributed by atoms with Crippen LogP contribution in [0.3, 0.4) is 0 Å². The maximum Gasteiger partial charge on any atom is 0.227 e. The van der Waals surface area contributed by atoms with Crippen LogP contribution in [0.25, 0.3) is 0 Å². The van der Waals surface area contributed by atoms with Gasteiger partial charge in [0.05, 0.1) is 19.2 Å². The molecule has 122 valence electrons. The molecule has 1 amide bonds. The van der Waals surface area contributed by atoms with Crippen molar-refractivity contribution in [2.75, 3.05) is 13.7 Å². The number of fused-ring (bicyclic) bond motifs is 1. The van der Waals surface area contributed by atoms with E-state index in [1.807, 2.05) is 43.2 Å². The molecule has 0 saturated carbocycles. The van der Waals surface area contributed by atoms with Crippen LogP contribution in [0.15, 0.2) is 30.6 Å². The van der Waals surface area contributed by atoms with E-state index >= 15 is 0 Å². The number of nitrogens with zero attached hydrogens (tertiary/aromatic N) is 3. The van der Waals surface area contributed by atoms with Crippen molar-refractivity contribution in [3.05, 3.63) is 47.3 Å². The first-order chi connectivity index (χ1) is 11.2. The molecule has 0 radical (unpaired) electrons. The van der Waals surface area contributed by atoms with Crippen LogP contribution in [-0.4, -0.2) is 34.2 Å². The van der Waals surface area contributed by atoms with Crippen LogP contribution < -0.4 is 4.74 Å². The van der Waals surface area contributed by atoms with E-state index in [4.69, 9.17) is 4.74 Å². The topological polar surface area (TPSA) is 47.4 Å². The number of amides is 1. The molecule has 1 aromatic carbocycles. The minimum atomic E-state index is 0.117. The van der Waals surface area contributed by atoms with Crippen molar-refractivity contribution in [3.63, 3.8) is 0 Å². The quantitative estimate of drug-likeness (QED) is 0.852. The fourth-order valence-corrected chi connectivity index (χ4v) is 2.86. The summed E-state index contributed by atoms with van der Waals surface area (Å²) in [5.74, 6) is 1.08. The molecule has 1 aliphatic heterocycles. The Morgan fingerprint density at radius 1 is 1.39 bits per heavy atom. The van der Waals surface area contributed by atoms with Gasteiger partial charge in [-0.2, -0.15) is 5.10 Å². The molecule has 2 heterocycles. The maximum absolute atomic E-state index is 12.4. The van der Waals surface area contributed by atoms with Crippen LogP contribution >= 0.6 is 0 Å². The van der Waals surface area contributed by atoms with E-state index in [2.05, 4.69) is 11.2 Å². The Labute approximate surface area is 136 Å². The van der Waals surface area contributed by atoms with Crippen molar-refractivity contribution in [1.29, 1.82) is 0 Å². The SMILES string of the molecule is CCn1cc(CN(C)C(=O)Cc2ccc3c(c2)CCCO3)cn1. The van der Waals surface area contributed by atoms with Gasteiger partial charge in [-0.05, 0) is 37.0 Å². The van der Waals surface area contributed by atoms with Gasteiger partial charge in [-0.1, -0.05) is 12.1 Å². The third-order valence-corrected chi connectivity index (χ3v) is 4.18. The van der Waals surface area contributed by atoms with Gasteiger partial charge in [0.15, 0.2) is 0 Å². The van der Waals surface area contributed by atoms with E-state index in [0.29, 0.717) is 13.0 Å². The summed E-state index contributed by atoms with van der Waals surface area (Å²) >= 11 is 0. The van der Waals surface area contributed by atoms with Gasteiger partial charge >= 0.3 is 0 Å². The standard InChI is InChI=1S/C18H23N3O2/c1-3-21-13-15(11-19-21)12-20(2)18(22)10-14-6-7-17-16(9-14)5-4-8-23-17/h6-7,9,11,13H,3-5,8,10,12H2,1-2H3. The molecule has 0 N–H and O–H groups in total. The third kappa shape index (κ3) is 3.73. The molecule has 3 rings (SSSR count). The molecule has 0 fully saturated rings. The molecule has 0 aliphatic carbocycles. The number of carbonyl (C=O) groups is 1. The van der Waals surface area contributed by atoms with Gasteiger partial charge in [-0.25, -0.2) is 0 Å². The number of aromatic nitrogens is 2. The molecular formula is C18H23N3O2. The van der Waals surface area contributed by atoms with Crippen LogP contribution in [0.1, 0.15) is 30.0 Å². The Hall–Kier alpha value is -2.30. The molecule has 1 aromatic heterocycles. The first kappa shape index (κ1) is 15.6. The zero-order chi connectivity index (χ0) is 16.2. The molecule has 0 unspecified atom stereocenters. The second-order valence-electron chi connectivity index (χ2n) is 6.02. The molecule has 2 aromatic rings. The van der Waals surface area contributed by atoms with E-state index in [9.17, 15) is 4.79 Å². The Morgan fingerprint density at radius 2 is 2.26 bits per heavy atom. The van der Waals surface area contributed by atoms with Crippen molar-refractivity contribution in [2.24, 2.45) is 0 Å². The minimum absolute atomic E-state index is 0.117. The average molecular weight is 313 g/mol. The largest absolute Gasteiger partial charge is 0.493 e. The van der Waals surface area contributed by atoms with Gasteiger partial charge in [0.1, 0.15) is 5.75 Å². The first-order valence-corrected chi connectivity index (χ1v) is 8.15. The van der Waals surface area contributed by atoms with Crippen LogP contribution in [-0.2, 0) is 30.7 Å². The summed E-state index contributed by atoms with van der Waals surface area (Å²) in [5, 5.41) is 4.24. The zero-order valence-corrected chi connectivity index (χ0v) is 13.8. The van der Waals surface area contributed by atoms with Crippen molar-refractivity contribution in [2.45, 2.75) is 39.3 Å².